The van der Waals surface area contributed by atoms with Crippen LogP contribution in [-0.4, -0.2) is 65.9 Å². The van der Waals surface area contributed by atoms with Crippen LogP contribution in [0.2, 0.25) is 0 Å². The van der Waals surface area contributed by atoms with Gasteiger partial charge in [-0.3, -0.25) is 9.69 Å². The van der Waals surface area contributed by atoms with E-state index < -0.39 is 0 Å². The molecule has 0 spiro atoms. The van der Waals surface area contributed by atoms with Gasteiger partial charge in [0.15, 0.2) is 0 Å². The zero-order valence-electron chi connectivity index (χ0n) is 16.3. The lowest BCUT2D eigenvalue weighted by atomic mass is 10.1. The molecule has 3 unspecified atom stereocenters. The van der Waals surface area contributed by atoms with Crippen molar-refractivity contribution in [3.63, 3.8) is 0 Å². The van der Waals surface area contributed by atoms with Gasteiger partial charge in [-0.2, -0.15) is 0 Å². The van der Waals surface area contributed by atoms with Crippen molar-refractivity contribution in [2.75, 3.05) is 31.9 Å². The maximum Gasteiger partial charge on any atom is 0.232 e. The van der Waals surface area contributed by atoms with Crippen LogP contribution in [0.4, 0.5) is 0 Å². The molecule has 0 aromatic heterocycles. The molecule has 1 aromatic rings. The van der Waals surface area contributed by atoms with E-state index in [9.17, 15) is 4.79 Å². The van der Waals surface area contributed by atoms with Crippen molar-refractivity contribution >= 4 is 17.7 Å². The lowest BCUT2D eigenvalue weighted by molar-refractivity contribution is -0.130. The van der Waals surface area contributed by atoms with E-state index in [0.717, 1.165) is 44.8 Å². The number of likely N-dealkylation sites (tertiary alicyclic amines) is 1. The number of morpholine rings is 1. The third-order valence-electron chi connectivity index (χ3n) is 5.28. The van der Waals surface area contributed by atoms with Gasteiger partial charge < -0.3 is 9.64 Å². The number of hydrogen-bond acceptors (Lipinski definition) is 4. The molecule has 5 heteroatoms. The van der Waals surface area contributed by atoms with Gasteiger partial charge in [-0.1, -0.05) is 29.8 Å². The van der Waals surface area contributed by atoms with Crippen molar-refractivity contribution in [2.24, 2.45) is 0 Å². The summed E-state index contributed by atoms with van der Waals surface area (Å²) in [7, 11) is 0. The number of carbonyl (C=O) groups excluding carboxylic acids is 1. The van der Waals surface area contributed by atoms with Crippen LogP contribution in [-0.2, 0) is 15.3 Å². The van der Waals surface area contributed by atoms with Crippen molar-refractivity contribution in [1.29, 1.82) is 0 Å². The molecule has 0 radical (unpaired) electrons. The molecule has 2 fully saturated rings. The van der Waals surface area contributed by atoms with Gasteiger partial charge in [-0.25, -0.2) is 0 Å². The smallest absolute Gasteiger partial charge is 0.232 e. The van der Waals surface area contributed by atoms with Gasteiger partial charge >= 0.3 is 0 Å². The first-order valence-corrected chi connectivity index (χ1v) is 11.0. The van der Waals surface area contributed by atoms with Crippen LogP contribution in [0.15, 0.2) is 24.3 Å². The first-order valence-electron chi connectivity index (χ1n) is 9.82. The van der Waals surface area contributed by atoms with E-state index in [-0.39, 0.29) is 12.2 Å². The van der Waals surface area contributed by atoms with E-state index in [2.05, 4.69) is 54.8 Å². The normalized spacial score (nSPS) is 27.0. The molecule has 2 aliphatic heterocycles. The molecule has 3 rings (SSSR count). The fourth-order valence-electron chi connectivity index (χ4n) is 4.11. The highest BCUT2D eigenvalue weighted by molar-refractivity contribution is 7.99. The van der Waals surface area contributed by atoms with E-state index in [0.29, 0.717) is 17.7 Å². The van der Waals surface area contributed by atoms with Crippen LogP contribution >= 0.6 is 11.8 Å². The Morgan fingerprint density at radius 1 is 1.19 bits per heavy atom. The number of ether oxygens (including phenoxy) is 1. The molecule has 2 heterocycles. The predicted octanol–water partition coefficient (Wildman–Crippen LogP) is 3.33. The minimum atomic E-state index is 0.286. The zero-order chi connectivity index (χ0) is 18.5. The Morgan fingerprint density at radius 2 is 1.88 bits per heavy atom. The Labute approximate surface area is 162 Å². The minimum absolute atomic E-state index is 0.286. The SMILES string of the molecule is Cc1ccc(CSCC(=O)N2CCCC2CN2CC(C)OC(C)C2)cc1. The Balaban J connectivity index is 1.46. The topological polar surface area (TPSA) is 32.8 Å². The van der Waals surface area contributed by atoms with E-state index in [1.54, 1.807) is 11.8 Å². The predicted molar refractivity (Wildman–Crippen MR) is 109 cm³/mol. The molecule has 26 heavy (non-hydrogen) atoms. The molecule has 144 valence electrons. The summed E-state index contributed by atoms with van der Waals surface area (Å²) in [5, 5.41) is 0. The number of benzene rings is 1. The Morgan fingerprint density at radius 3 is 2.58 bits per heavy atom. The van der Waals surface area contributed by atoms with Crippen LogP contribution < -0.4 is 0 Å². The summed E-state index contributed by atoms with van der Waals surface area (Å²) in [6, 6.07) is 8.97. The third kappa shape index (κ3) is 5.48. The number of thioether (sulfide) groups is 1. The highest BCUT2D eigenvalue weighted by atomic mass is 32.2. The zero-order valence-corrected chi connectivity index (χ0v) is 17.1. The highest BCUT2D eigenvalue weighted by Gasteiger charge is 2.32. The lowest BCUT2D eigenvalue weighted by Gasteiger charge is -2.38. The second-order valence-electron chi connectivity index (χ2n) is 7.84. The molecule has 1 aromatic carbocycles. The van der Waals surface area contributed by atoms with Gasteiger partial charge in [-0.05, 0) is 39.2 Å². The summed E-state index contributed by atoms with van der Waals surface area (Å²) in [4.78, 5) is 17.3. The fourth-order valence-corrected chi connectivity index (χ4v) is 4.98. The second kappa shape index (κ2) is 9.25. The van der Waals surface area contributed by atoms with Gasteiger partial charge in [-0.15, -0.1) is 11.8 Å². The second-order valence-corrected chi connectivity index (χ2v) is 8.82. The summed E-state index contributed by atoms with van der Waals surface area (Å²) < 4.78 is 5.83. The van der Waals surface area contributed by atoms with Crippen LogP contribution in [0.25, 0.3) is 0 Å². The number of nitrogens with zero attached hydrogens (tertiary/aromatic N) is 2. The fraction of sp³-hybridized carbons (Fsp3) is 0.667. The monoisotopic (exact) mass is 376 g/mol. The summed E-state index contributed by atoms with van der Waals surface area (Å²) in [5.41, 5.74) is 2.57. The molecular weight excluding hydrogens is 344 g/mol. The van der Waals surface area contributed by atoms with Crippen LogP contribution in [0.5, 0.6) is 0 Å². The van der Waals surface area contributed by atoms with E-state index in [4.69, 9.17) is 4.74 Å². The molecule has 0 N–H and O–H groups in total. The molecule has 0 bridgehead atoms. The highest BCUT2D eigenvalue weighted by Crippen LogP contribution is 2.22. The number of rotatable bonds is 6. The summed E-state index contributed by atoms with van der Waals surface area (Å²) >= 11 is 1.73. The number of amides is 1. The molecule has 0 saturated carbocycles. The van der Waals surface area contributed by atoms with Crippen molar-refractivity contribution in [2.45, 2.75) is 57.6 Å². The Hall–Kier alpha value is -1.04. The maximum atomic E-state index is 12.7. The number of carbonyl (C=O) groups is 1. The standard InChI is InChI=1S/C21H32N2O2S/c1-16-6-8-19(9-7-16)14-26-15-21(24)23-10-4-5-20(23)13-22-11-17(2)25-18(3)12-22/h6-9,17-18,20H,4-5,10-15H2,1-3H3. The Kier molecular flexibility index (Phi) is 7.01. The van der Waals surface area contributed by atoms with E-state index in [1.165, 1.54) is 11.1 Å². The van der Waals surface area contributed by atoms with Gasteiger partial charge in [0, 0.05) is 38.0 Å². The summed E-state index contributed by atoms with van der Waals surface area (Å²) in [5.74, 6) is 1.79. The third-order valence-corrected chi connectivity index (χ3v) is 6.27. The lowest BCUT2D eigenvalue weighted by Crippen LogP contribution is -2.51. The first-order chi connectivity index (χ1) is 12.5. The average Bonchev–Trinajstić information content (AvgIpc) is 3.04. The maximum absolute atomic E-state index is 12.7. The van der Waals surface area contributed by atoms with Gasteiger partial charge in [0.2, 0.25) is 5.91 Å². The minimum Gasteiger partial charge on any atom is -0.373 e. The van der Waals surface area contributed by atoms with Crippen molar-refractivity contribution in [3.8, 4) is 0 Å². The first kappa shape index (κ1) is 19.7. The Bertz CT molecular complexity index is 582. The quantitative estimate of drug-likeness (QED) is 0.762. The molecule has 0 aliphatic carbocycles. The molecule has 1 amide bonds. The number of aryl methyl sites for hydroxylation is 1. The molecule has 2 saturated heterocycles. The molecular formula is C21H32N2O2S. The van der Waals surface area contributed by atoms with Crippen LogP contribution in [0.1, 0.15) is 37.8 Å². The average molecular weight is 377 g/mol. The van der Waals surface area contributed by atoms with Crippen molar-refractivity contribution in [1.82, 2.24) is 9.80 Å². The van der Waals surface area contributed by atoms with Crippen molar-refractivity contribution < 1.29 is 9.53 Å². The molecule has 4 nitrogen and oxygen atoms in total. The van der Waals surface area contributed by atoms with Gasteiger partial charge in [0.1, 0.15) is 0 Å². The van der Waals surface area contributed by atoms with Crippen molar-refractivity contribution in [3.05, 3.63) is 35.4 Å². The summed E-state index contributed by atoms with van der Waals surface area (Å²) in [6.07, 6.45) is 2.84. The van der Waals surface area contributed by atoms with Crippen LogP contribution in [0.3, 0.4) is 0 Å². The molecule has 3 atom stereocenters. The molecule has 2 aliphatic rings. The van der Waals surface area contributed by atoms with Gasteiger partial charge in [0.05, 0.1) is 18.0 Å². The van der Waals surface area contributed by atoms with E-state index in [1.807, 2.05) is 0 Å². The van der Waals surface area contributed by atoms with Crippen LogP contribution in [0, 0.1) is 6.92 Å². The number of hydrogen-bond donors (Lipinski definition) is 0. The van der Waals surface area contributed by atoms with Gasteiger partial charge in [0.25, 0.3) is 0 Å². The summed E-state index contributed by atoms with van der Waals surface area (Å²) in [6.45, 7) is 10.3. The largest absolute Gasteiger partial charge is 0.373 e. The van der Waals surface area contributed by atoms with E-state index >= 15 is 0 Å².